The maximum Gasteiger partial charge on any atom is 0.249 e. The van der Waals surface area contributed by atoms with Crippen molar-refractivity contribution in [2.45, 2.75) is 19.4 Å². The number of rotatable bonds is 2. The van der Waals surface area contributed by atoms with E-state index in [1.54, 1.807) is 0 Å². The molecule has 5 nitrogen and oxygen atoms in total. The molecule has 0 aromatic heterocycles. The quantitative estimate of drug-likeness (QED) is 0.608. The first-order valence-electron chi connectivity index (χ1n) is 4.10. The third-order valence-electron chi connectivity index (χ3n) is 2.03. The van der Waals surface area contributed by atoms with Crippen molar-refractivity contribution < 1.29 is 14.3 Å². The maximum atomic E-state index is 11.3. The highest BCUT2D eigenvalue weighted by atomic mass is 16.5. The van der Waals surface area contributed by atoms with Crippen LogP contribution in [0, 0.1) is 0 Å². The van der Waals surface area contributed by atoms with Gasteiger partial charge in [-0.3, -0.25) is 9.59 Å². The molecule has 1 saturated heterocycles. The summed E-state index contributed by atoms with van der Waals surface area (Å²) in [5, 5.41) is 0. The molecule has 1 heterocycles. The number of ether oxygens (including phenoxy) is 1. The molecular weight excluding hydrogens is 172 g/mol. The van der Waals surface area contributed by atoms with Crippen molar-refractivity contribution in [1.82, 2.24) is 4.90 Å². The Morgan fingerprint density at radius 2 is 2.31 bits per heavy atom. The van der Waals surface area contributed by atoms with Crippen LogP contribution in [0.1, 0.15) is 13.8 Å². The number of morpholine rings is 1. The minimum Gasteiger partial charge on any atom is -0.369 e. The van der Waals surface area contributed by atoms with Gasteiger partial charge in [0.25, 0.3) is 0 Å². The molecule has 0 aliphatic carbocycles. The summed E-state index contributed by atoms with van der Waals surface area (Å²) < 4.78 is 5.07. The minimum absolute atomic E-state index is 0.0325. The molecular formula is C8H14N2O3. The fourth-order valence-electron chi connectivity index (χ4n) is 1.34. The summed E-state index contributed by atoms with van der Waals surface area (Å²) in [5.41, 5.74) is 4.59. The summed E-state index contributed by atoms with van der Waals surface area (Å²) in [7, 11) is 0. The number of primary amides is 1. The molecule has 74 valence electrons. The van der Waals surface area contributed by atoms with Crippen molar-refractivity contribution in [3.63, 3.8) is 0 Å². The van der Waals surface area contributed by atoms with Crippen LogP contribution in [0.3, 0.4) is 0 Å². The van der Waals surface area contributed by atoms with E-state index in [9.17, 15) is 9.59 Å². The molecule has 2 N–H and O–H groups in total. The van der Waals surface area contributed by atoms with E-state index >= 15 is 0 Å². The highest BCUT2D eigenvalue weighted by molar-refractivity contribution is 5.85. The molecule has 0 saturated carbocycles. The van der Waals surface area contributed by atoms with Gasteiger partial charge in [-0.2, -0.15) is 0 Å². The van der Waals surface area contributed by atoms with Gasteiger partial charge < -0.3 is 15.4 Å². The third-order valence-corrected chi connectivity index (χ3v) is 2.03. The number of carbonyl (C=O) groups is 2. The van der Waals surface area contributed by atoms with Crippen LogP contribution in [0.15, 0.2) is 0 Å². The predicted octanol–water partition coefficient (Wildman–Crippen LogP) is -0.891. The summed E-state index contributed by atoms with van der Waals surface area (Å²) >= 11 is 0. The number of amides is 2. The van der Waals surface area contributed by atoms with E-state index in [-0.39, 0.29) is 19.1 Å². The van der Waals surface area contributed by atoms with Gasteiger partial charge in [0.05, 0.1) is 18.7 Å². The van der Waals surface area contributed by atoms with Gasteiger partial charge in [-0.25, -0.2) is 0 Å². The Hall–Kier alpha value is -1.10. The smallest absolute Gasteiger partial charge is 0.249 e. The van der Waals surface area contributed by atoms with Crippen molar-refractivity contribution in [2.24, 2.45) is 5.73 Å². The molecule has 0 bridgehead atoms. The van der Waals surface area contributed by atoms with Gasteiger partial charge in [-0.1, -0.05) is 0 Å². The lowest BCUT2D eigenvalue weighted by Gasteiger charge is -2.41. The van der Waals surface area contributed by atoms with E-state index in [1.165, 1.54) is 4.90 Å². The lowest BCUT2D eigenvalue weighted by Crippen LogP contribution is -2.58. The van der Waals surface area contributed by atoms with E-state index in [2.05, 4.69) is 0 Å². The molecule has 1 rings (SSSR count). The van der Waals surface area contributed by atoms with Crippen LogP contribution in [0.4, 0.5) is 0 Å². The second-order valence-corrected chi connectivity index (χ2v) is 3.75. The van der Waals surface area contributed by atoms with Crippen molar-refractivity contribution in [1.29, 1.82) is 0 Å². The predicted molar refractivity (Wildman–Crippen MR) is 45.8 cm³/mol. The zero-order chi connectivity index (χ0) is 10.1. The second-order valence-electron chi connectivity index (χ2n) is 3.75. The lowest BCUT2D eigenvalue weighted by molar-refractivity contribution is -0.157. The van der Waals surface area contributed by atoms with Gasteiger partial charge in [0.15, 0.2) is 0 Å². The molecule has 13 heavy (non-hydrogen) atoms. The van der Waals surface area contributed by atoms with Gasteiger partial charge in [0, 0.05) is 0 Å². The first-order valence-corrected chi connectivity index (χ1v) is 4.10. The number of hydrogen-bond donors (Lipinski definition) is 1. The van der Waals surface area contributed by atoms with Crippen LogP contribution in [-0.2, 0) is 14.3 Å². The zero-order valence-corrected chi connectivity index (χ0v) is 7.87. The molecule has 1 fully saturated rings. The Morgan fingerprint density at radius 3 is 2.77 bits per heavy atom. The molecule has 0 spiro atoms. The monoisotopic (exact) mass is 186 g/mol. The lowest BCUT2D eigenvalue weighted by atomic mass is 10.0. The van der Waals surface area contributed by atoms with Crippen molar-refractivity contribution in [2.75, 3.05) is 19.8 Å². The standard InChI is InChI=1S/C8H14N2O3/c1-8(2)5-13-4-7(12)10(8)3-6(9)11/h3-5H2,1-2H3,(H2,9,11). The van der Waals surface area contributed by atoms with Gasteiger partial charge >= 0.3 is 0 Å². The second kappa shape index (κ2) is 3.33. The number of nitrogens with two attached hydrogens (primary N) is 1. The molecule has 0 atom stereocenters. The number of nitrogens with zero attached hydrogens (tertiary/aromatic N) is 1. The topological polar surface area (TPSA) is 72.6 Å². The fraction of sp³-hybridized carbons (Fsp3) is 0.750. The van der Waals surface area contributed by atoms with Gasteiger partial charge in [0.2, 0.25) is 11.8 Å². The highest BCUT2D eigenvalue weighted by Gasteiger charge is 2.35. The summed E-state index contributed by atoms with van der Waals surface area (Å²) in [6.07, 6.45) is 0. The van der Waals surface area contributed by atoms with Crippen molar-refractivity contribution in [3.05, 3.63) is 0 Å². The molecule has 1 aliphatic heterocycles. The van der Waals surface area contributed by atoms with Crippen molar-refractivity contribution >= 4 is 11.8 Å². The summed E-state index contributed by atoms with van der Waals surface area (Å²) in [4.78, 5) is 23.5. The van der Waals surface area contributed by atoms with E-state index in [0.29, 0.717) is 6.61 Å². The SMILES string of the molecule is CC1(C)COCC(=O)N1CC(N)=O. The Labute approximate surface area is 76.8 Å². The van der Waals surface area contributed by atoms with Gasteiger partial charge in [0.1, 0.15) is 6.61 Å². The normalized spacial score (nSPS) is 21.7. The van der Waals surface area contributed by atoms with E-state index in [1.807, 2.05) is 13.8 Å². The summed E-state index contributed by atoms with van der Waals surface area (Å²) in [6, 6.07) is 0. The Balaban J connectivity index is 2.74. The molecule has 2 amide bonds. The Morgan fingerprint density at radius 1 is 1.69 bits per heavy atom. The average Bonchev–Trinajstić information content (AvgIpc) is 1.96. The fourth-order valence-corrected chi connectivity index (χ4v) is 1.34. The molecule has 0 aromatic rings. The first-order chi connectivity index (χ1) is 5.93. The Kier molecular flexibility index (Phi) is 2.56. The summed E-state index contributed by atoms with van der Waals surface area (Å²) in [5.74, 6) is -0.682. The molecule has 0 radical (unpaired) electrons. The molecule has 0 unspecified atom stereocenters. The zero-order valence-electron chi connectivity index (χ0n) is 7.87. The van der Waals surface area contributed by atoms with E-state index in [0.717, 1.165) is 0 Å². The molecule has 0 aromatic carbocycles. The van der Waals surface area contributed by atoms with Crippen LogP contribution in [0.25, 0.3) is 0 Å². The minimum atomic E-state index is -0.497. The van der Waals surface area contributed by atoms with E-state index in [4.69, 9.17) is 10.5 Å². The highest BCUT2D eigenvalue weighted by Crippen LogP contribution is 2.18. The van der Waals surface area contributed by atoms with Crippen LogP contribution in [0.5, 0.6) is 0 Å². The number of carbonyl (C=O) groups excluding carboxylic acids is 2. The molecule has 5 heteroatoms. The largest absolute Gasteiger partial charge is 0.369 e. The van der Waals surface area contributed by atoms with Crippen LogP contribution < -0.4 is 5.73 Å². The first kappa shape index (κ1) is 9.98. The Bertz CT molecular complexity index is 238. The van der Waals surface area contributed by atoms with Crippen LogP contribution in [-0.4, -0.2) is 42.0 Å². The number of hydrogen-bond acceptors (Lipinski definition) is 3. The van der Waals surface area contributed by atoms with Gasteiger partial charge in [-0.15, -0.1) is 0 Å². The van der Waals surface area contributed by atoms with E-state index < -0.39 is 11.4 Å². The molecule has 1 aliphatic rings. The maximum absolute atomic E-state index is 11.3. The third kappa shape index (κ3) is 2.18. The van der Waals surface area contributed by atoms with Crippen molar-refractivity contribution in [3.8, 4) is 0 Å². The van der Waals surface area contributed by atoms with Gasteiger partial charge in [-0.05, 0) is 13.8 Å². The summed E-state index contributed by atoms with van der Waals surface area (Å²) in [6.45, 7) is 4.12. The average molecular weight is 186 g/mol. The van der Waals surface area contributed by atoms with Crippen LogP contribution in [0.2, 0.25) is 0 Å². The van der Waals surface area contributed by atoms with Crippen LogP contribution >= 0.6 is 0 Å².